The Labute approximate surface area is 100 Å². The van der Waals surface area contributed by atoms with Crippen molar-refractivity contribution in [2.75, 3.05) is 6.61 Å². The van der Waals surface area contributed by atoms with Crippen molar-refractivity contribution in [3.05, 3.63) is 11.9 Å². The Bertz CT molecular complexity index is 391. The Hall–Kier alpha value is -1.43. The second kappa shape index (κ2) is 5.27. The maximum Gasteiger partial charge on any atom is 0.223 e. The third-order valence-corrected chi connectivity index (χ3v) is 2.95. The zero-order valence-corrected chi connectivity index (χ0v) is 10.2. The van der Waals surface area contributed by atoms with E-state index in [4.69, 9.17) is 4.74 Å². The number of aryl methyl sites for hydroxylation is 1. The fraction of sp³-hybridized carbons (Fsp3) is 0.727. The van der Waals surface area contributed by atoms with E-state index in [1.54, 1.807) is 10.9 Å². The fourth-order valence-corrected chi connectivity index (χ4v) is 1.82. The minimum Gasteiger partial charge on any atom is -0.357 e. The first-order chi connectivity index (χ1) is 8.16. The van der Waals surface area contributed by atoms with Gasteiger partial charge in [-0.15, -0.1) is 5.10 Å². The molecule has 0 radical (unpaired) electrons. The standard InChI is InChI=1S/C11H18N4O2/c1-8-3-4-10-5-12-14-15(10)7-17-6-9(2)13-11(8)16/h5,8-9H,3-4,6-7H2,1-2H3,(H,13,16)/t8-,9+/m0/s1. The molecule has 0 bridgehead atoms. The minimum absolute atomic E-state index is 0.00102. The van der Waals surface area contributed by atoms with Crippen LogP contribution in [0.5, 0.6) is 0 Å². The number of carbonyl (C=O) groups is 1. The van der Waals surface area contributed by atoms with Gasteiger partial charge in [-0.1, -0.05) is 12.1 Å². The molecule has 1 aliphatic rings. The molecule has 0 aliphatic carbocycles. The molecule has 0 saturated heterocycles. The van der Waals surface area contributed by atoms with Crippen molar-refractivity contribution in [1.29, 1.82) is 0 Å². The summed E-state index contributed by atoms with van der Waals surface area (Å²) in [5.41, 5.74) is 1.01. The van der Waals surface area contributed by atoms with E-state index >= 15 is 0 Å². The van der Waals surface area contributed by atoms with Crippen molar-refractivity contribution in [1.82, 2.24) is 20.3 Å². The van der Waals surface area contributed by atoms with Gasteiger partial charge in [0, 0.05) is 12.0 Å². The van der Waals surface area contributed by atoms with Crippen LogP contribution in [0.1, 0.15) is 26.0 Å². The Kier molecular flexibility index (Phi) is 3.73. The molecule has 2 heterocycles. The zero-order chi connectivity index (χ0) is 12.3. The highest BCUT2D eigenvalue weighted by Crippen LogP contribution is 2.10. The predicted octanol–water partition coefficient (Wildman–Crippen LogP) is 0.339. The summed E-state index contributed by atoms with van der Waals surface area (Å²) >= 11 is 0. The van der Waals surface area contributed by atoms with E-state index < -0.39 is 0 Å². The summed E-state index contributed by atoms with van der Waals surface area (Å²) in [7, 11) is 0. The molecule has 6 heteroatoms. The van der Waals surface area contributed by atoms with Crippen LogP contribution in [-0.2, 0) is 22.7 Å². The van der Waals surface area contributed by atoms with Gasteiger partial charge in [0.2, 0.25) is 5.91 Å². The first kappa shape index (κ1) is 12.0. The van der Waals surface area contributed by atoms with Gasteiger partial charge in [-0.25, -0.2) is 4.68 Å². The largest absolute Gasteiger partial charge is 0.357 e. The van der Waals surface area contributed by atoms with Crippen LogP contribution in [0.2, 0.25) is 0 Å². The summed E-state index contributed by atoms with van der Waals surface area (Å²) in [6.07, 6.45) is 3.32. The lowest BCUT2D eigenvalue weighted by atomic mass is 10.0. The molecule has 1 N–H and O–H groups in total. The highest BCUT2D eigenvalue weighted by atomic mass is 16.5. The van der Waals surface area contributed by atoms with Crippen LogP contribution in [0.25, 0.3) is 0 Å². The molecule has 0 fully saturated rings. The summed E-state index contributed by atoms with van der Waals surface area (Å²) in [5, 5.41) is 10.8. The third-order valence-electron chi connectivity index (χ3n) is 2.95. The van der Waals surface area contributed by atoms with Crippen LogP contribution in [-0.4, -0.2) is 33.5 Å². The van der Waals surface area contributed by atoms with Crippen molar-refractivity contribution in [3.8, 4) is 0 Å². The number of amides is 1. The molecule has 0 saturated carbocycles. The van der Waals surface area contributed by atoms with Crippen LogP contribution >= 0.6 is 0 Å². The van der Waals surface area contributed by atoms with E-state index in [1.165, 1.54) is 0 Å². The number of fused-ring (bicyclic) bond motifs is 1. The average molecular weight is 238 g/mol. The van der Waals surface area contributed by atoms with Crippen LogP contribution < -0.4 is 5.32 Å². The van der Waals surface area contributed by atoms with Crippen molar-refractivity contribution >= 4 is 5.91 Å². The molecule has 2 atom stereocenters. The van der Waals surface area contributed by atoms with Gasteiger partial charge in [0.25, 0.3) is 0 Å². The van der Waals surface area contributed by atoms with Crippen molar-refractivity contribution in [2.24, 2.45) is 5.92 Å². The molecule has 0 unspecified atom stereocenters. The number of ether oxygens (including phenoxy) is 1. The topological polar surface area (TPSA) is 69.0 Å². The lowest BCUT2D eigenvalue weighted by Gasteiger charge is -2.16. The number of nitrogens with one attached hydrogen (secondary N) is 1. The van der Waals surface area contributed by atoms with Crippen molar-refractivity contribution < 1.29 is 9.53 Å². The molecule has 1 amide bonds. The van der Waals surface area contributed by atoms with E-state index in [1.807, 2.05) is 13.8 Å². The number of hydrogen-bond donors (Lipinski definition) is 1. The molecule has 1 aromatic heterocycles. The zero-order valence-electron chi connectivity index (χ0n) is 10.2. The van der Waals surface area contributed by atoms with Crippen LogP contribution in [0.15, 0.2) is 6.20 Å². The smallest absolute Gasteiger partial charge is 0.223 e. The predicted molar refractivity (Wildman–Crippen MR) is 61.1 cm³/mol. The summed E-state index contributed by atoms with van der Waals surface area (Å²) in [5.74, 6) is 0.0842. The monoisotopic (exact) mass is 238 g/mol. The van der Waals surface area contributed by atoms with Crippen LogP contribution in [0, 0.1) is 5.92 Å². The molecule has 1 aromatic rings. The maximum atomic E-state index is 11.8. The quantitative estimate of drug-likeness (QED) is 0.707. The SMILES string of the molecule is C[C@@H]1COCn2nncc2CC[C@H](C)C(=O)N1. The Balaban J connectivity index is 2.10. The van der Waals surface area contributed by atoms with E-state index in [0.29, 0.717) is 13.3 Å². The summed E-state index contributed by atoms with van der Waals surface area (Å²) in [6, 6.07) is 0.0232. The van der Waals surface area contributed by atoms with Crippen molar-refractivity contribution in [2.45, 2.75) is 39.5 Å². The van der Waals surface area contributed by atoms with Gasteiger partial charge >= 0.3 is 0 Å². The number of aromatic nitrogens is 3. The maximum absolute atomic E-state index is 11.8. The normalized spacial score (nSPS) is 26.8. The van der Waals surface area contributed by atoms with E-state index in [-0.39, 0.29) is 17.9 Å². The molecule has 0 aromatic carbocycles. The third kappa shape index (κ3) is 3.03. The molecule has 0 spiro atoms. The summed E-state index contributed by atoms with van der Waals surface area (Å²) < 4.78 is 7.24. The molecule has 6 nitrogen and oxygen atoms in total. The first-order valence-electron chi connectivity index (χ1n) is 5.92. The summed E-state index contributed by atoms with van der Waals surface area (Å²) in [6.45, 7) is 4.75. The highest BCUT2D eigenvalue weighted by Gasteiger charge is 2.17. The summed E-state index contributed by atoms with van der Waals surface area (Å²) in [4.78, 5) is 11.8. The van der Waals surface area contributed by atoms with Gasteiger partial charge < -0.3 is 10.1 Å². The number of hydrogen-bond acceptors (Lipinski definition) is 4. The van der Waals surface area contributed by atoms with Gasteiger partial charge in [-0.2, -0.15) is 0 Å². The Morgan fingerprint density at radius 2 is 2.35 bits per heavy atom. The number of carbonyl (C=O) groups excluding carboxylic acids is 1. The Morgan fingerprint density at radius 1 is 1.53 bits per heavy atom. The second-order valence-electron chi connectivity index (χ2n) is 4.57. The minimum atomic E-state index is -0.00102. The molecule has 94 valence electrons. The van der Waals surface area contributed by atoms with Gasteiger partial charge in [0.05, 0.1) is 18.5 Å². The number of nitrogens with zero attached hydrogens (tertiary/aromatic N) is 3. The van der Waals surface area contributed by atoms with Gasteiger partial charge in [-0.05, 0) is 19.8 Å². The Morgan fingerprint density at radius 3 is 3.18 bits per heavy atom. The van der Waals surface area contributed by atoms with E-state index in [2.05, 4.69) is 15.6 Å². The van der Waals surface area contributed by atoms with Gasteiger partial charge in [-0.3, -0.25) is 4.79 Å². The lowest BCUT2D eigenvalue weighted by molar-refractivity contribution is -0.125. The van der Waals surface area contributed by atoms with Crippen molar-refractivity contribution in [3.63, 3.8) is 0 Å². The van der Waals surface area contributed by atoms with E-state index in [0.717, 1.165) is 18.5 Å². The molecule has 1 aliphatic heterocycles. The lowest BCUT2D eigenvalue weighted by Crippen LogP contribution is -2.39. The van der Waals surface area contributed by atoms with Gasteiger partial charge in [0.15, 0.2) is 0 Å². The first-order valence-corrected chi connectivity index (χ1v) is 5.92. The second-order valence-corrected chi connectivity index (χ2v) is 4.57. The van der Waals surface area contributed by atoms with Crippen LogP contribution in [0.4, 0.5) is 0 Å². The van der Waals surface area contributed by atoms with E-state index in [9.17, 15) is 4.79 Å². The van der Waals surface area contributed by atoms with Gasteiger partial charge in [0.1, 0.15) is 6.73 Å². The molecular formula is C11H18N4O2. The van der Waals surface area contributed by atoms with Crippen LogP contribution in [0.3, 0.4) is 0 Å². The molecule has 17 heavy (non-hydrogen) atoms. The molecular weight excluding hydrogens is 220 g/mol. The molecule has 2 rings (SSSR count). The fourth-order valence-electron chi connectivity index (χ4n) is 1.82. The average Bonchev–Trinajstić information content (AvgIpc) is 2.72. The highest BCUT2D eigenvalue weighted by molar-refractivity contribution is 5.78. The number of rotatable bonds is 0.